The smallest absolute Gasteiger partial charge is 0.234 e. The van der Waals surface area contributed by atoms with Gasteiger partial charge in [-0.25, -0.2) is 12.8 Å². The molecule has 2 saturated heterocycles. The summed E-state index contributed by atoms with van der Waals surface area (Å²) in [5.74, 6) is -0.0807. The third kappa shape index (κ3) is 5.65. The average molecular weight is 414 g/mol. The van der Waals surface area contributed by atoms with Crippen LogP contribution in [0.5, 0.6) is 5.75 Å². The lowest BCUT2D eigenvalue weighted by molar-refractivity contribution is -0.126. The first-order valence-electron chi connectivity index (χ1n) is 9.41. The van der Waals surface area contributed by atoms with Gasteiger partial charge in [-0.05, 0) is 57.0 Å². The number of β-amino-alcohol motifs (C(OH)–C–C–N with tert-alkyl or cyclic N) is 1. The van der Waals surface area contributed by atoms with Gasteiger partial charge >= 0.3 is 0 Å². The maximum absolute atomic E-state index is 13.0. The standard InChI is InChI=1S/C19H27FN2O5S/c1-18(8-10-28(25,26)14-18)21-17(23)11-22-9-2-7-19(24,12-22)13-27-16-5-3-15(20)4-6-16/h3-6,24H,2,7-14H2,1H3,(H,21,23). The molecule has 2 N–H and O–H groups in total. The van der Waals surface area contributed by atoms with E-state index < -0.39 is 21.0 Å². The molecule has 1 amide bonds. The number of halogens is 1. The maximum atomic E-state index is 13.0. The number of piperidine rings is 1. The first-order chi connectivity index (χ1) is 13.1. The molecule has 28 heavy (non-hydrogen) atoms. The number of hydrogen-bond donors (Lipinski definition) is 2. The fourth-order valence-electron chi connectivity index (χ4n) is 3.90. The van der Waals surface area contributed by atoms with Crippen LogP contribution in [-0.2, 0) is 14.6 Å². The number of carbonyl (C=O) groups excluding carboxylic acids is 1. The summed E-state index contributed by atoms with van der Waals surface area (Å²) >= 11 is 0. The second-order valence-electron chi connectivity index (χ2n) is 8.23. The van der Waals surface area contributed by atoms with Crippen LogP contribution in [0.3, 0.4) is 0 Å². The monoisotopic (exact) mass is 414 g/mol. The Bertz CT molecular complexity index is 816. The van der Waals surface area contributed by atoms with Gasteiger partial charge in [-0.3, -0.25) is 9.69 Å². The van der Waals surface area contributed by atoms with E-state index in [1.807, 2.05) is 4.90 Å². The molecule has 9 heteroatoms. The van der Waals surface area contributed by atoms with Gasteiger partial charge in [0, 0.05) is 6.54 Å². The summed E-state index contributed by atoms with van der Waals surface area (Å²) < 4.78 is 41.9. The van der Waals surface area contributed by atoms with Crippen molar-refractivity contribution in [1.82, 2.24) is 10.2 Å². The molecule has 0 aromatic heterocycles. The van der Waals surface area contributed by atoms with E-state index in [2.05, 4.69) is 5.32 Å². The minimum absolute atomic E-state index is 0.0405. The fourth-order valence-corrected chi connectivity index (χ4v) is 5.99. The highest BCUT2D eigenvalue weighted by atomic mass is 32.2. The zero-order valence-corrected chi connectivity index (χ0v) is 16.8. The Balaban J connectivity index is 1.51. The number of nitrogens with zero attached hydrogens (tertiary/aromatic N) is 1. The predicted molar refractivity (Wildman–Crippen MR) is 102 cm³/mol. The highest BCUT2D eigenvalue weighted by Gasteiger charge is 2.40. The molecule has 2 atom stereocenters. The van der Waals surface area contributed by atoms with Gasteiger partial charge in [0.05, 0.1) is 23.6 Å². The van der Waals surface area contributed by atoms with E-state index in [4.69, 9.17) is 4.74 Å². The topological polar surface area (TPSA) is 95.9 Å². The first kappa shape index (κ1) is 21.0. The normalized spacial score (nSPS) is 30.1. The molecule has 0 aliphatic carbocycles. The number of likely N-dealkylation sites (tertiary alicyclic amines) is 1. The molecule has 0 bridgehead atoms. The molecule has 1 aromatic rings. The van der Waals surface area contributed by atoms with Crippen LogP contribution in [0.2, 0.25) is 0 Å². The van der Waals surface area contributed by atoms with Crippen molar-refractivity contribution in [1.29, 1.82) is 0 Å². The SMILES string of the molecule is CC1(NC(=O)CN2CCCC(O)(COc3ccc(F)cc3)C2)CCS(=O)(=O)C1. The highest BCUT2D eigenvalue weighted by molar-refractivity contribution is 7.91. The molecular formula is C19H27FN2O5S. The second kappa shape index (κ2) is 7.96. The Labute approximate surface area is 164 Å². The largest absolute Gasteiger partial charge is 0.491 e. The van der Waals surface area contributed by atoms with Gasteiger partial charge < -0.3 is 15.2 Å². The number of aliphatic hydroxyl groups is 1. The van der Waals surface area contributed by atoms with Crippen molar-refractivity contribution >= 4 is 15.7 Å². The molecule has 156 valence electrons. The van der Waals surface area contributed by atoms with Crippen molar-refractivity contribution in [2.24, 2.45) is 0 Å². The van der Waals surface area contributed by atoms with Crippen LogP contribution in [0.25, 0.3) is 0 Å². The molecule has 1 aromatic carbocycles. The average Bonchev–Trinajstić information content (AvgIpc) is 2.87. The van der Waals surface area contributed by atoms with Crippen LogP contribution < -0.4 is 10.1 Å². The lowest BCUT2D eigenvalue weighted by Gasteiger charge is -2.39. The number of benzene rings is 1. The van der Waals surface area contributed by atoms with E-state index in [1.165, 1.54) is 24.3 Å². The van der Waals surface area contributed by atoms with Gasteiger partial charge in [0.15, 0.2) is 9.84 Å². The van der Waals surface area contributed by atoms with Gasteiger partial charge in [-0.15, -0.1) is 0 Å². The van der Waals surface area contributed by atoms with Crippen LogP contribution >= 0.6 is 0 Å². The number of nitrogens with one attached hydrogen (secondary N) is 1. The summed E-state index contributed by atoms with van der Waals surface area (Å²) in [7, 11) is -3.10. The molecule has 2 aliphatic rings. The van der Waals surface area contributed by atoms with Gasteiger partial charge in [-0.2, -0.15) is 0 Å². The number of carbonyl (C=O) groups is 1. The molecule has 0 saturated carbocycles. The van der Waals surface area contributed by atoms with Gasteiger partial charge in [0.1, 0.15) is 23.8 Å². The second-order valence-corrected chi connectivity index (χ2v) is 10.4. The zero-order valence-electron chi connectivity index (χ0n) is 16.0. The number of rotatable bonds is 6. The molecule has 0 spiro atoms. The third-order valence-electron chi connectivity index (χ3n) is 5.27. The van der Waals surface area contributed by atoms with Crippen LogP contribution in [0, 0.1) is 5.82 Å². The van der Waals surface area contributed by atoms with E-state index in [0.29, 0.717) is 31.6 Å². The minimum atomic E-state index is -3.10. The number of ether oxygens (including phenoxy) is 1. The lowest BCUT2D eigenvalue weighted by Crippen LogP contribution is -2.55. The summed E-state index contributed by atoms with van der Waals surface area (Å²) in [6, 6.07) is 5.59. The van der Waals surface area contributed by atoms with Crippen LogP contribution in [0.4, 0.5) is 4.39 Å². The number of sulfone groups is 1. The molecule has 0 radical (unpaired) electrons. The Hall–Kier alpha value is -1.71. The van der Waals surface area contributed by atoms with Crippen LogP contribution in [0.15, 0.2) is 24.3 Å². The van der Waals surface area contributed by atoms with Gasteiger partial charge in [-0.1, -0.05) is 0 Å². The summed E-state index contributed by atoms with van der Waals surface area (Å²) in [6.07, 6.45) is 1.67. The van der Waals surface area contributed by atoms with E-state index >= 15 is 0 Å². The van der Waals surface area contributed by atoms with E-state index in [0.717, 1.165) is 0 Å². The fraction of sp³-hybridized carbons (Fsp3) is 0.632. The Morgan fingerprint density at radius 1 is 1.32 bits per heavy atom. The molecule has 2 aliphatic heterocycles. The summed E-state index contributed by atoms with van der Waals surface area (Å²) in [4.78, 5) is 14.3. The lowest BCUT2D eigenvalue weighted by atomic mass is 9.93. The predicted octanol–water partition coefficient (Wildman–Crippen LogP) is 0.725. The van der Waals surface area contributed by atoms with Gasteiger partial charge in [0.2, 0.25) is 5.91 Å². The highest BCUT2D eigenvalue weighted by Crippen LogP contribution is 2.25. The van der Waals surface area contributed by atoms with E-state index in [9.17, 15) is 22.7 Å². The Kier molecular flexibility index (Phi) is 5.97. The summed E-state index contributed by atoms with van der Waals surface area (Å²) in [6.45, 7) is 2.83. The number of hydrogen-bond acceptors (Lipinski definition) is 6. The molecule has 3 rings (SSSR count). The van der Waals surface area contributed by atoms with Crippen LogP contribution in [0.1, 0.15) is 26.2 Å². The van der Waals surface area contributed by atoms with E-state index in [-0.39, 0.29) is 42.9 Å². The summed E-state index contributed by atoms with van der Waals surface area (Å²) in [5.41, 5.74) is -1.83. The molecule has 7 nitrogen and oxygen atoms in total. The van der Waals surface area contributed by atoms with Crippen LogP contribution in [-0.4, -0.2) is 73.2 Å². The quantitative estimate of drug-likeness (QED) is 0.712. The maximum Gasteiger partial charge on any atom is 0.234 e. The van der Waals surface area contributed by atoms with E-state index in [1.54, 1.807) is 6.92 Å². The minimum Gasteiger partial charge on any atom is -0.491 e. The Morgan fingerprint density at radius 2 is 2.04 bits per heavy atom. The van der Waals surface area contributed by atoms with Crippen molar-refractivity contribution in [2.75, 3.05) is 37.7 Å². The Morgan fingerprint density at radius 3 is 2.68 bits per heavy atom. The molecule has 2 unspecified atom stereocenters. The summed E-state index contributed by atoms with van der Waals surface area (Å²) in [5, 5.41) is 13.7. The number of amides is 1. The van der Waals surface area contributed by atoms with Crippen molar-refractivity contribution in [2.45, 2.75) is 37.3 Å². The van der Waals surface area contributed by atoms with Crippen molar-refractivity contribution in [3.63, 3.8) is 0 Å². The van der Waals surface area contributed by atoms with Crippen molar-refractivity contribution in [3.8, 4) is 5.75 Å². The van der Waals surface area contributed by atoms with Crippen molar-refractivity contribution < 1.29 is 27.4 Å². The molecule has 2 heterocycles. The van der Waals surface area contributed by atoms with Crippen molar-refractivity contribution in [3.05, 3.63) is 30.1 Å². The van der Waals surface area contributed by atoms with Gasteiger partial charge in [0.25, 0.3) is 0 Å². The third-order valence-corrected chi connectivity index (χ3v) is 7.17. The zero-order chi connectivity index (χ0) is 20.4. The molecule has 2 fully saturated rings. The molecular weight excluding hydrogens is 387 g/mol. The first-order valence-corrected chi connectivity index (χ1v) is 11.2.